The van der Waals surface area contributed by atoms with Gasteiger partial charge in [0, 0.05) is 6.26 Å². The Labute approximate surface area is 65.5 Å². The SMILES string of the molecule is CC(=O)CC(C)(F)S(C)(=O)=O. The number of alkyl halides is 1. The fourth-order valence-corrected chi connectivity index (χ4v) is 1.04. The van der Waals surface area contributed by atoms with Crippen LogP contribution in [0.2, 0.25) is 0 Å². The largest absolute Gasteiger partial charge is 0.300 e. The smallest absolute Gasteiger partial charge is 0.214 e. The fraction of sp³-hybridized carbons (Fsp3) is 0.833. The van der Waals surface area contributed by atoms with Crippen LogP contribution in [-0.4, -0.2) is 25.5 Å². The minimum absolute atomic E-state index is 0.472. The molecule has 0 aromatic carbocycles. The first kappa shape index (κ1) is 10.6. The van der Waals surface area contributed by atoms with Gasteiger partial charge >= 0.3 is 0 Å². The molecule has 0 aliphatic rings. The second kappa shape index (κ2) is 2.89. The van der Waals surface area contributed by atoms with Gasteiger partial charge in [0.15, 0.2) is 9.84 Å². The van der Waals surface area contributed by atoms with Crippen molar-refractivity contribution < 1.29 is 17.6 Å². The summed E-state index contributed by atoms with van der Waals surface area (Å²) in [6.45, 7) is 2.05. The van der Waals surface area contributed by atoms with E-state index < -0.39 is 27.0 Å². The summed E-state index contributed by atoms with van der Waals surface area (Å²) in [7, 11) is -3.78. The van der Waals surface area contributed by atoms with Crippen LogP contribution >= 0.6 is 0 Å². The van der Waals surface area contributed by atoms with E-state index in [2.05, 4.69) is 0 Å². The minimum atomic E-state index is -3.78. The summed E-state index contributed by atoms with van der Waals surface area (Å²) in [4.78, 5) is 10.4. The van der Waals surface area contributed by atoms with Crippen LogP contribution in [0.3, 0.4) is 0 Å². The Hall–Kier alpha value is -0.450. The quantitative estimate of drug-likeness (QED) is 0.645. The number of ketones is 1. The zero-order valence-corrected chi connectivity index (χ0v) is 7.53. The molecule has 0 spiro atoms. The molecule has 0 aromatic rings. The molecule has 0 saturated carbocycles. The molecule has 1 unspecified atom stereocenters. The first-order valence-corrected chi connectivity index (χ1v) is 4.94. The maximum atomic E-state index is 13.0. The summed E-state index contributed by atoms with van der Waals surface area (Å²) in [6.07, 6.45) is 0.196. The third-order valence-corrected chi connectivity index (χ3v) is 3.03. The van der Waals surface area contributed by atoms with Gasteiger partial charge in [0.25, 0.3) is 0 Å². The normalized spacial score (nSPS) is 17.5. The summed E-state index contributed by atoms with van der Waals surface area (Å²) in [6, 6.07) is 0. The highest BCUT2D eigenvalue weighted by molar-refractivity contribution is 7.91. The zero-order valence-electron chi connectivity index (χ0n) is 6.72. The molecule has 0 heterocycles. The molecule has 0 amide bonds. The van der Waals surface area contributed by atoms with Crippen LogP contribution in [-0.2, 0) is 14.6 Å². The first-order chi connectivity index (χ1) is 4.67. The monoisotopic (exact) mass is 182 g/mol. The Morgan fingerprint density at radius 2 is 1.91 bits per heavy atom. The Balaban J connectivity index is 4.62. The van der Waals surface area contributed by atoms with Crippen molar-refractivity contribution in [1.82, 2.24) is 0 Å². The lowest BCUT2D eigenvalue weighted by Crippen LogP contribution is -2.31. The molecule has 66 valence electrons. The van der Waals surface area contributed by atoms with E-state index in [1.54, 1.807) is 0 Å². The molecule has 11 heavy (non-hydrogen) atoms. The lowest BCUT2D eigenvalue weighted by atomic mass is 10.2. The standard InChI is InChI=1S/C6H11FO3S/c1-5(8)4-6(2,7)11(3,9)10/h4H2,1-3H3. The summed E-state index contributed by atoms with van der Waals surface area (Å²) >= 11 is 0. The molecule has 0 aromatic heterocycles. The van der Waals surface area contributed by atoms with Gasteiger partial charge in [-0.2, -0.15) is 0 Å². The van der Waals surface area contributed by atoms with E-state index in [-0.39, 0.29) is 0 Å². The van der Waals surface area contributed by atoms with E-state index in [4.69, 9.17) is 0 Å². The van der Waals surface area contributed by atoms with Crippen LogP contribution in [0.25, 0.3) is 0 Å². The van der Waals surface area contributed by atoms with Crippen molar-refractivity contribution in [3.63, 3.8) is 0 Å². The summed E-state index contributed by atoms with van der Waals surface area (Å²) in [5.74, 6) is -0.472. The number of sulfone groups is 1. The number of hydrogen-bond acceptors (Lipinski definition) is 3. The molecule has 5 heteroatoms. The third kappa shape index (κ3) is 2.96. The molecule has 3 nitrogen and oxygen atoms in total. The summed E-state index contributed by atoms with van der Waals surface area (Å²) in [5.41, 5.74) is 0. The number of halogens is 1. The van der Waals surface area contributed by atoms with Gasteiger partial charge < -0.3 is 0 Å². The average molecular weight is 182 g/mol. The third-order valence-electron chi connectivity index (χ3n) is 1.34. The number of rotatable bonds is 3. The topological polar surface area (TPSA) is 51.2 Å². The Kier molecular flexibility index (Phi) is 2.77. The van der Waals surface area contributed by atoms with Gasteiger partial charge in [-0.3, -0.25) is 4.79 Å². The Morgan fingerprint density at radius 3 is 2.00 bits per heavy atom. The number of hydrogen-bond donors (Lipinski definition) is 0. The minimum Gasteiger partial charge on any atom is -0.300 e. The van der Waals surface area contributed by atoms with Crippen LogP contribution in [0, 0.1) is 0 Å². The van der Waals surface area contributed by atoms with Gasteiger partial charge in [-0.15, -0.1) is 0 Å². The van der Waals surface area contributed by atoms with Gasteiger partial charge in [0.1, 0.15) is 5.78 Å². The Morgan fingerprint density at radius 1 is 1.55 bits per heavy atom. The highest BCUT2D eigenvalue weighted by atomic mass is 32.2. The molecule has 0 N–H and O–H groups in total. The maximum Gasteiger partial charge on any atom is 0.214 e. The van der Waals surface area contributed by atoms with Gasteiger partial charge in [0.2, 0.25) is 5.00 Å². The van der Waals surface area contributed by atoms with Crippen molar-refractivity contribution in [2.75, 3.05) is 6.26 Å². The highest BCUT2D eigenvalue weighted by Gasteiger charge is 2.36. The van der Waals surface area contributed by atoms with E-state index in [1.165, 1.54) is 0 Å². The van der Waals surface area contributed by atoms with Gasteiger partial charge in [-0.25, -0.2) is 12.8 Å². The van der Waals surface area contributed by atoms with E-state index in [0.717, 1.165) is 20.1 Å². The fourth-order valence-electron chi connectivity index (χ4n) is 0.576. The van der Waals surface area contributed by atoms with Crippen molar-refractivity contribution in [2.24, 2.45) is 0 Å². The van der Waals surface area contributed by atoms with Crippen molar-refractivity contribution in [3.05, 3.63) is 0 Å². The molecular weight excluding hydrogens is 171 g/mol. The number of Topliss-reactive ketones (excluding diaryl/α,β-unsaturated/α-hetero) is 1. The number of carbonyl (C=O) groups is 1. The Bertz CT molecular complexity index is 253. The average Bonchev–Trinajstić information content (AvgIpc) is 1.56. The molecule has 1 atom stereocenters. The summed E-state index contributed by atoms with van der Waals surface area (Å²) < 4.78 is 34.4. The van der Waals surface area contributed by atoms with Gasteiger partial charge in [0.05, 0.1) is 6.42 Å². The zero-order chi connectivity index (χ0) is 9.28. The predicted octanol–water partition coefficient (Wildman–Crippen LogP) is 0.696. The second-order valence-electron chi connectivity index (χ2n) is 2.75. The van der Waals surface area contributed by atoms with Crippen molar-refractivity contribution in [2.45, 2.75) is 25.3 Å². The number of carbonyl (C=O) groups excluding carboxylic acids is 1. The van der Waals surface area contributed by atoms with Crippen molar-refractivity contribution >= 4 is 15.6 Å². The highest BCUT2D eigenvalue weighted by Crippen LogP contribution is 2.22. The molecule has 0 aliphatic carbocycles. The molecular formula is C6H11FO3S. The molecule has 0 aliphatic heterocycles. The molecule has 0 saturated heterocycles. The molecule has 0 radical (unpaired) electrons. The van der Waals surface area contributed by atoms with Crippen LogP contribution in [0.1, 0.15) is 20.3 Å². The predicted molar refractivity (Wildman–Crippen MR) is 39.7 cm³/mol. The van der Waals surface area contributed by atoms with Crippen LogP contribution < -0.4 is 0 Å². The van der Waals surface area contributed by atoms with E-state index >= 15 is 0 Å². The first-order valence-electron chi connectivity index (χ1n) is 3.05. The lowest BCUT2D eigenvalue weighted by molar-refractivity contribution is -0.118. The maximum absolute atomic E-state index is 13.0. The van der Waals surface area contributed by atoms with E-state index in [9.17, 15) is 17.6 Å². The van der Waals surface area contributed by atoms with E-state index in [1.807, 2.05) is 0 Å². The lowest BCUT2D eigenvalue weighted by Gasteiger charge is -2.15. The van der Waals surface area contributed by atoms with Crippen LogP contribution in [0.4, 0.5) is 4.39 Å². The summed E-state index contributed by atoms with van der Waals surface area (Å²) in [5, 5.41) is -2.42. The van der Waals surface area contributed by atoms with Crippen molar-refractivity contribution in [3.8, 4) is 0 Å². The van der Waals surface area contributed by atoms with Crippen LogP contribution in [0.15, 0.2) is 0 Å². The van der Waals surface area contributed by atoms with Crippen LogP contribution in [0.5, 0.6) is 0 Å². The van der Waals surface area contributed by atoms with Gasteiger partial charge in [-0.05, 0) is 13.8 Å². The molecule has 0 bridgehead atoms. The second-order valence-corrected chi connectivity index (χ2v) is 5.15. The van der Waals surface area contributed by atoms with Crippen molar-refractivity contribution in [1.29, 1.82) is 0 Å². The van der Waals surface area contributed by atoms with Gasteiger partial charge in [-0.1, -0.05) is 0 Å². The molecule has 0 fully saturated rings. The van der Waals surface area contributed by atoms with E-state index in [0.29, 0.717) is 0 Å². The molecule has 0 rings (SSSR count).